The maximum Gasteiger partial charge on any atom is 0.339 e. The average Bonchev–Trinajstić information content (AvgIpc) is 3.38. The Morgan fingerprint density at radius 1 is 1.06 bits per heavy atom. The molecule has 0 unspecified atom stereocenters. The lowest BCUT2D eigenvalue weighted by Crippen LogP contribution is -2.24. The molecule has 2 heterocycles. The number of hydrogen-bond acceptors (Lipinski definition) is 7. The lowest BCUT2D eigenvalue weighted by Gasteiger charge is -2.14. The van der Waals surface area contributed by atoms with Gasteiger partial charge in [0, 0.05) is 25.2 Å². The number of aryl methyl sites for hydroxylation is 1. The molecule has 0 radical (unpaired) electrons. The molecule has 0 saturated carbocycles. The highest BCUT2D eigenvalue weighted by Crippen LogP contribution is 2.26. The van der Waals surface area contributed by atoms with Gasteiger partial charge in [-0.1, -0.05) is 24.3 Å². The lowest BCUT2D eigenvalue weighted by molar-refractivity contribution is -0.119. The van der Waals surface area contributed by atoms with E-state index in [-0.39, 0.29) is 10.5 Å². The largest absolute Gasteiger partial charge is 0.463 e. The zero-order valence-electron chi connectivity index (χ0n) is 19.3. The van der Waals surface area contributed by atoms with E-state index in [2.05, 4.69) is 10.3 Å². The molecule has 0 aliphatic carbocycles. The summed E-state index contributed by atoms with van der Waals surface area (Å²) in [5.74, 6) is -0.816. The van der Waals surface area contributed by atoms with Crippen LogP contribution in [0, 0.1) is 6.92 Å². The number of para-hydroxylation sites is 1. The maximum atomic E-state index is 12.9. The Kier molecular flexibility index (Phi) is 6.68. The minimum absolute atomic E-state index is 0.0362. The molecule has 4 rings (SSSR count). The molecule has 180 valence electrons. The van der Waals surface area contributed by atoms with Gasteiger partial charge in [-0.15, -0.1) is 0 Å². The first kappa shape index (κ1) is 24.1. The number of fused-ring (bicyclic) bond motifs is 1. The minimum Gasteiger partial charge on any atom is -0.463 e. The van der Waals surface area contributed by atoms with Crippen molar-refractivity contribution in [2.75, 3.05) is 26.0 Å². The summed E-state index contributed by atoms with van der Waals surface area (Å²) in [5.41, 5.74) is 2.24. The number of sulfonamides is 1. The molecule has 2 aromatic carbocycles. The molecule has 0 bridgehead atoms. The Morgan fingerprint density at radius 2 is 1.83 bits per heavy atom. The summed E-state index contributed by atoms with van der Waals surface area (Å²) in [4.78, 5) is 30.0. The standard InChI is InChI=1S/C25H23N3O6S/c1-16-10-11-17(35(31,32)28(2)3)13-21(16)27-24(29)15-34-25(30)19-14-22(23-9-6-12-33-23)26-20-8-5-4-7-18(19)20/h4-14H,15H2,1-3H3,(H,27,29). The fourth-order valence-electron chi connectivity index (χ4n) is 3.40. The van der Waals surface area contributed by atoms with Crippen molar-refractivity contribution in [1.29, 1.82) is 0 Å². The fourth-order valence-corrected chi connectivity index (χ4v) is 4.33. The first-order valence-corrected chi connectivity index (χ1v) is 12.0. The lowest BCUT2D eigenvalue weighted by atomic mass is 10.1. The predicted molar refractivity (Wildman–Crippen MR) is 130 cm³/mol. The quantitative estimate of drug-likeness (QED) is 0.389. The van der Waals surface area contributed by atoms with Gasteiger partial charge in [0.15, 0.2) is 12.4 Å². The van der Waals surface area contributed by atoms with E-state index in [1.54, 1.807) is 55.5 Å². The van der Waals surface area contributed by atoms with Crippen molar-refractivity contribution in [1.82, 2.24) is 9.29 Å². The molecule has 0 atom stereocenters. The van der Waals surface area contributed by atoms with Crippen molar-refractivity contribution in [2.24, 2.45) is 0 Å². The first-order chi connectivity index (χ1) is 16.7. The number of benzene rings is 2. The molecule has 0 spiro atoms. The van der Waals surface area contributed by atoms with Crippen LogP contribution in [0.2, 0.25) is 0 Å². The Balaban J connectivity index is 1.52. The van der Waals surface area contributed by atoms with Gasteiger partial charge in [-0.25, -0.2) is 22.5 Å². The van der Waals surface area contributed by atoms with E-state index in [4.69, 9.17) is 9.15 Å². The normalized spacial score (nSPS) is 11.5. The Bertz CT molecular complexity index is 1510. The van der Waals surface area contributed by atoms with E-state index < -0.39 is 28.5 Å². The van der Waals surface area contributed by atoms with Gasteiger partial charge in [0.2, 0.25) is 10.0 Å². The highest BCUT2D eigenvalue weighted by molar-refractivity contribution is 7.89. The van der Waals surface area contributed by atoms with Crippen molar-refractivity contribution in [3.8, 4) is 11.5 Å². The number of nitrogens with one attached hydrogen (secondary N) is 1. The topological polar surface area (TPSA) is 119 Å². The second-order valence-corrected chi connectivity index (χ2v) is 10.1. The van der Waals surface area contributed by atoms with Gasteiger partial charge in [0.1, 0.15) is 5.69 Å². The molecule has 35 heavy (non-hydrogen) atoms. The van der Waals surface area contributed by atoms with Gasteiger partial charge < -0.3 is 14.5 Å². The molecular weight excluding hydrogens is 470 g/mol. The molecule has 0 fully saturated rings. The van der Waals surface area contributed by atoms with Crippen LogP contribution in [-0.2, 0) is 19.6 Å². The number of carbonyl (C=O) groups is 2. The van der Waals surface area contributed by atoms with Gasteiger partial charge in [0.05, 0.1) is 22.2 Å². The highest BCUT2D eigenvalue weighted by Gasteiger charge is 2.20. The molecule has 4 aromatic rings. The summed E-state index contributed by atoms with van der Waals surface area (Å²) < 4.78 is 36.6. The summed E-state index contributed by atoms with van der Waals surface area (Å²) in [6, 6.07) is 16.5. The third-order valence-electron chi connectivity index (χ3n) is 5.31. The number of nitrogens with zero attached hydrogens (tertiary/aromatic N) is 2. The van der Waals surface area contributed by atoms with Crippen molar-refractivity contribution in [3.63, 3.8) is 0 Å². The van der Waals surface area contributed by atoms with Gasteiger partial charge in [-0.3, -0.25) is 4.79 Å². The number of esters is 1. The highest BCUT2D eigenvalue weighted by atomic mass is 32.2. The zero-order valence-corrected chi connectivity index (χ0v) is 20.1. The van der Waals surface area contributed by atoms with Crippen molar-refractivity contribution in [2.45, 2.75) is 11.8 Å². The van der Waals surface area contributed by atoms with Crippen LogP contribution >= 0.6 is 0 Å². The van der Waals surface area contributed by atoms with Crippen LogP contribution in [0.25, 0.3) is 22.4 Å². The van der Waals surface area contributed by atoms with E-state index >= 15 is 0 Å². The van der Waals surface area contributed by atoms with Crippen LogP contribution in [0.15, 0.2) is 76.2 Å². The summed E-state index contributed by atoms with van der Waals surface area (Å²) in [7, 11) is -0.827. The fraction of sp³-hybridized carbons (Fsp3) is 0.160. The number of pyridine rings is 1. The Hall–Kier alpha value is -4.02. The molecule has 0 aliphatic heterocycles. The van der Waals surface area contributed by atoms with Crippen LogP contribution in [-0.4, -0.2) is 50.3 Å². The van der Waals surface area contributed by atoms with Gasteiger partial charge in [-0.2, -0.15) is 0 Å². The third-order valence-corrected chi connectivity index (χ3v) is 7.12. The predicted octanol–water partition coefficient (Wildman–Crippen LogP) is 3.85. The zero-order chi connectivity index (χ0) is 25.2. The van der Waals surface area contributed by atoms with Crippen molar-refractivity contribution in [3.05, 3.63) is 78.1 Å². The van der Waals surface area contributed by atoms with Crippen LogP contribution in [0.5, 0.6) is 0 Å². The van der Waals surface area contributed by atoms with Gasteiger partial charge >= 0.3 is 5.97 Å². The second kappa shape index (κ2) is 9.69. The number of ether oxygens (including phenoxy) is 1. The van der Waals surface area contributed by atoms with Crippen molar-refractivity contribution >= 4 is 38.5 Å². The number of hydrogen-bond donors (Lipinski definition) is 1. The van der Waals surface area contributed by atoms with Gasteiger partial charge in [0.25, 0.3) is 5.91 Å². The van der Waals surface area contributed by atoms with E-state index in [1.165, 1.54) is 32.5 Å². The van der Waals surface area contributed by atoms with Crippen LogP contribution in [0.1, 0.15) is 15.9 Å². The molecule has 1 amide bonds. The molecule has 0 aliphatic rings. The summed E-state index contributed by atoms with van der Waals surface area (Å²) in [5, 5.41) is 3.19. The van der Waals surface area contributed by atoms with Crippen LogP contribution < -0.4 is 5.32 Å². The van der Waals surface area contributed by atoms with Gasteiger partial charge in [-0.05, 0) is 48.9 Å². The molecule has 0 saturated heterocycles. The van der Waals surface area contributed by atoms with Crippen LogP contribution in [0.3, 0.4) is 0 Å². The van der Waals surface area contributed by atoms with E-state index in [9.17, 15) is 18.0 Å². The number of aromatic nitrogens is 1. The number of rotatable bonds is 7. The Labute approximate surface area is 202 Å². The van der Waals surface area contributed by atoms with E-state index in [0.717, 1.165) is 4.31 Å². The number of anilines is 1. The Morgan fingerprint density at radius 3 is 2.54 bits per heavy atom. The monoisotopic (exact) mass is 493 g/mol. The second-order valence-electron chi connectivity index (χ2n) is 7.94. The van der Waals surface area contributed by atoms with E-state index in [0.29, 0.717) is 33.6 Å². The third kappa shape index (κ3) is 5.08. The molecule has 9 nitrogen and oxygen atoms in total. The molecular formula is C25H23N3O6S. The summed E-state index contributed by atoms with van der Waals surface area (Å²) in [6.07, 6.45) is 1.51. The SMILES string of the molecule is Cc1ccc(S(=O)(=O)N(C)C)cc1NC(=O)COC(=O)c1cc(-c2ccco2)nc2ccccc12. The molecule has 10 heteroatoms. The number of furan rings is 1. The number of amides is 1. The molecule has 1 N–H and O–H groups in total. The first-order valence-electron chi connectivity index (χ1n) is 10.6. The van der Waals surface area contributed by atoms with Crippen molar-refractivity contribution < 1.29 is 27.2 Å². The molecule has 2 aromatic heterocycles. The minimum atomic E-state index is -3.67. The summed E-state index contributed by atoms with van der Waals surface area (Å²) >= 11 is 0. The maximum absolute atomic E-state index is 12.9. The van der Waals surface area contributed by atoms with E-state index in [1.807, 2.05) is 0 Å². The average molecular weight is 494 g/mol. The smallest absolute Gasteiger partial charge is 0.339 e. The van der Waals surface area contributed by atoms with Crippen LogP contribution in [0.4, 0.5) is 5.69 Å². The number of carbonyl (C=O) groups excluding carboxylic acids is 2. The summed E-state index contributed by atoms with van der Waals surface area (Å²) in [6.45, 7) is 1.17.